The molecule has 30 heavy (non-hydrogen) atoms. The van der Waals surface area contributed by atoms with E-state index >= 15 is 0 Å². The number of amides is 1. The van der Waals surface area contributed by atoms with E-state index in [1.807, 2.05) is 30.5 Å². The van der Waals surface area contributed by atoms with Gasteiger partial charge in [-0.15, -0.1) is 0 Å². The molecule has 0 aliphatic carbocycles. The maximum atomic E-state index is 13.0. The van der Waals surface area contributed by atoms with Gasteiger partial charge in [0, 0.05) is 29.2 Å². The van der Waals surface area contributed by atoms with Crippen LogP contribution >= 0.6 is 0 Å². The minimum absolute atomic E-state index is 0.0269. The van der Waals surface area contributed by atoms with Gasteiger partial charge in [-0.2, -0.15) is 0 Å². The Morgan fingerprint density at radius 1 is 1.03 bits per heavy atom. The van der Waals surface area contributed by atoms with E-state index in [0.29, 0.717) is 24.3 Å². The first-order valence-electron chi connectivity index (χ1n) is 9.45. The number of ether oxygens (including phenoxy) is 1. The van der Waals surface area contributed by atoms with E-state index in [2.05, 4.69) is 10.3 Å². The molecule has 4 aromatic rings. The monoisotopic (exact) mass is 406 g/mol. The predicted octanol–water partition coefficient (Wildman–Crippen LogP) is 4.08. The van der Waals surface area contributed by atoms with Crippen molar-refractivity contribution in [1.82, 2.24) is 10.3 Å². The number of benzene rings is 2. The van der Waals surface area contributed by atoms with Crippen LogP contribution < -0.4 is 5.32 Å². The summed E-state index contributed by atoms with van der Waals surface area (Å²) in [6.07, 6.45) is 2.58. The summed E-state index contributed by atoms with van der Waals surface area (Å²) in [6, 6.07) is 16.7. The van der Waals surface area contributed by atoms with Gasteiger partial charge in [-0.25, -0.2) is 9.18 Å². The molecule has 4 rings (SSSR count). The highest BCUT2D eigenvalue weighted by molar-refractivity contribution is 5.89. The number of carbonyl (C=O) groups is 2. The van der Waals surface area contributed by atoms with E-state index in [9.17, 15) is 14.0 Å². The second-order valence-corrected chi connectivity index (χ2v) is 6.71. The summed E-state index contributed by atoms with van der Waals surface area (Å²) < 4.78 is 23.5. The number of halogens is 1. The molecule has 0 aliphatic heterocycles. The zero-order valence-corrected chi connectivity index (χ0v) is 16.0. The van der Waals surface area contributed by atoms with Gasteiger partial charge in [-0.1, -0.05) is 18.2 Å². The number of hydrogen-bond donors (Lipinski definition) is 2. The molecular weight excluding hydrogens is 387 g/mol. The zero-order valence-electron chi connectivity index (χ0n) is 16.0. The van der Waals surface area contributed by atoms with Crippen LogP contribution in [0, 0.1) is 5.82 Å². The molecule has 2 aromatic heterocycles. The molecule has 0 bridgehead atoms. The summed E-state index contributed by atoms with van der Waals surface area (Å²) in [4.78, 5) is 27.3. The Kier molecular flexibility index (Phi) is 5.61. The van der Waals surface area contributed by atoms with Crippen LogP contribution in [0.4, 0.5) is 4.39 Å². The van der Waals surface area contributed by atoms with Crippen molar-refractivity contribution in [1.29, 1.82) is 0 Å². The molecule has 2 heterocycles. The van der Waals surface area contributed by atoms with Crippen molar-refractivity contribution in [3.8, 4) is 11.3 Å². The molecule has 7 heteroatoms. The maximum Gasteiger partial charge on any atom is 0.374 e. The Balaban J connectivity index is 1.25. The fourth-order valence-electron chi connectivity index (χ4n) is 3.15. The lowest BCUT2D eigenvalue weighted by atomic mass is 10.1. The summed E-state index contributed by atoms with van der Waals surface area (Å²) in [6.45, 7) is 0.0208. The first-order valence-corrected chi connectivity index (χ1v) is 9.45. The van der Waals surface area contributed by atoms with Crippen LogP contribution in [-0.2, 0) is 16.0 Å². The fraction of sp³-hybridized carbons (Fsp3) is 0.130. The van der Waals surface area contributed by atoms with Gasteiger partial charge in [0.05, 0.1) is 0 Å². The molecule has 0 fully saturated rings. The highest BCUT2D eigenvalue weighted by Crippen LogP contribution is 2.23. The minimum atomic E-state index is -0.741. The van der Waals surface area contributed by atoms with E-state index in [-0.39, 0.29) is 11.6 Å². The molecular formula is C23H19FN2O4. The Bertz CT molecular complexity index is 1180. The van der Waals surface area contributed by atoms with Crippen molar-refractivity contribution in [3.63, 3.8) is 0 Å². The number of furan rings is 1. The van der Waals surface area contributed by atoms with Crippen LogP contribution in [0.3, 0.4) is 0 Å². The molecule has 0 aliphatic rings. The quantitative estimate of drug-likeness (QED) is 0.453. The summed E-state index contributed by atoms with van der Waals surface area (Å²) in [5.41, 5.74) is 2.78. The number of aromatic amines is 1. The van der Waals surface area contributed by atoms with Crippen LogP contribution in [0.5, 0.6) is 0 Å². The first kappa shape index (κ1) is 19.4. The number of carbonyl (C=O) groups excluding carboxylic acids is 2. The molecule has 2 N–H and O–H groups in total. The molecule has 0 spiro atoms. The van der Waals surface area contributed by atoms with Gasteiger partial charge in [-0.05, 0) is 54.4 Å². The van der Waals surface area contributed by atoms with Crippen LogP contribution in [0.25, 0.3) is 22.2 Å². The summed E-state index contributed by atoms with van der Waals surface area (Å²) in [5, 5.41) is 3.85. The predicted molar refractivity (Wildman–Crippen MR) is 109 cm³/mol. The van der Waals surface area contributed by atoms with Gasteiger partial charge < -0.3 is 19.5 Å². The lowest BCUT2D eigenvalue weighted by Gasteiger charge is -2.05. The summed E-state index contributed by atoms with van der Waals surface area (Å²) >= 11 is 0. The number of hydrogen-bond acceptors (Lipinski definition) is 4. The van der Waals surface area contributed by atoms with Crippen molar-refractivity contribution in [3.05, 3.63) is 84.0 Å². The lowest BCUT2D eigenvalue weighted by molar-refractivity contribution is -0.124. The van der Waals surface area contributed by atoms with Crippen LogP contribution in [0.2, 0.25) is 0 Å². The Hall–Kier alpha value is -3.87. The largest absolute Gasteiger partial charge is 0.450 e. The molecule has 2 aromatic carbocycles. The number of rotatable bonds is 7. The van der Waals surface area contributed by atoms with Crippen LogP contribution in [-0.4, -0.2) is 30.0 Å². The Morgan fingerprint density at radius 2 is 1.83 bits per heavy atom. The SMILES string of the molecule is O=C(COC(=O)c1ccc(-c2ccc(F)cc2)o1)NCCc1c[nH]c2ccccc12. The number of para-hydroxylation sites is 1. The lowest BCUT2D eigenvalue weighted by Crippen LogP contribution is -2.30. The number of aromatic nitrogens is 1. The third-order valence-electron chi connectivity index (χ3n) is 4.66. The van der Waals surface area contributed by atoms with E-state index < -0.39 is 18.5 Å². The average molecular weight is 406 g/mol. The smallest absolute Gasteiger partial charge is 0.374 e. The van der Waals surface area contributed by atoms with E-state index in [1.54, 1.807) is 18.2 Å². The highest BCUT2D eigenvalue weighted by Gasteiger charge is 2.15. The zero-order chi connectivity index (χ0) is 20.9. The minimum Gasteiger partial charge on any atom is -0.450 e. The van der Waals surface area contributed by atoms with Crippen LogP contribution in [0.15, 0.2) is 71.3 Å². The molecule has 0 radical (unpaired) electrons. The Labute approximate surface area is 171 Å². The standard InChI is InChI=1S/C23H19FN2O4/c24-17-7-5-15(6-8-17)20-9-10-21(30-20)23(28)29-14-22(27)25-12-11-16-13-26-19-4-2-1-3-18(16)19/h1-10,13,26H,11-12,14H2,(H,25,27). The van der Waals surface area contributed by atoms with Crippen molar-refractivity contribution in [2.45, 2.75) is 6.42 Å². The van der Waals surface area contributed by atoms with Crippen molar-refractivity contribution < 1.29 is 23.1 Å². The molecule has 6 nitrogen and oxygen atoms in total. The van der Waals surface area contributed by atoms with Crippen LogP contribution in [0.1, 0.15) is 16.1 Å². The van der Waals surface area contributed by atoms with Gasteiger partial charge in [-0.3, -0.25) is 4.79 Å². The number of fused-ring (bicyclic) bond motifs is 1. The molecule has 152 valence electrons. The number of H-pyrrole nitrogens is 1. The topological polar surface area (TPSA) is 84.3 Å². The average Bonchev–Trinajstić information content (AvgIpc) is 3.41. The normalized spacial score (nSPS) is 10.8. The van der Waals surface area contributed by atoms with E-state index in [1.165, 1.54) is 18.2 Å². The van der Waals surface area contributed by atoms with Gasteiger partial charge in [0.25, 0.3) is 5.91 Å². The third kappa shape index (κ3) is 4.41. The van der Waals surface area contributed by atoms with E-state index in [4.69, 9.17) is 9.15 Å². The number of esters is 1. The summed E-state index contributed by atoms with van der Waals surface area (Å²) in [7, 11) is 0. The Morgan fingerprint density at radius 3 is 2.67 bits per heavy atom. The van der Waals surface area contributed by atoms with Gasteiger partial charge in [0.15, 0.2) is 6.61 Å². The highest BCUT2D eigenvalue weighted by atomic mass is 19.1. The second-order valence-electron chi connectivity index (χ2n) is 6.71. The fourth-order valence-corrected chi connectivity index (χ4v) is 3.15. The molecule has 0 saturated carbocycles. The molecule has 0 saturated heterocycles. The van der Waals surface area contributed by atoms with Gasteiger partial charge in [0.2, 0.25) is 5.76 Å². The van der Waals surface area contributed by atoms with Gasteiger partial charge >= 0.3 is 5.97 Å². The van der Waals surface area contributed by atoms with Crippen molar-refractivity contribution in [2.24, 2.45) is 0 Å². The second kappa shape index (κ2) is 8.65. The van der Waals surface area contributed by atoms with E-state index in [0.717, 1.165) is 16.5 Å². The molecule has 0 unspecified atom stereocenters. The summed E-state index contributed by atoms with van der Waals surface area (Å²) in [5.74, 6) is -1.12. The molecule has 1 amide bonds. The molecule has 0 atom stereocenters. The maximum absolute atomic E-state index is 13.0. The first-order chi connectivity index (χ1) is 14.6. The van der Waals surface area contributed by atoms with Gasteiger partial charge in [0.1, 0.15) is 11.6 Å². The van der Waals surface area contributed by atoms with Crippen molar-refractivity contribution in [2.75, 3.05) is 13.2 Å². The van der Waals surface area contributed by atoms with Crippen molar-refractivity contribution >= 4 is 22.8 Å². The number of nitrogens with one attached hydrogen (secondary N) is 2. The third-order valence-corrected chi connectivity index (χ3v) is 4.66.